The van der Waals surface area contributed by atoms with Gasteiger partial charge in [0.15, 0.2) is 0 Å². The van der Waals surface area contributed by atoms with Crippen LogP contribution in [0.5, 0.6) is 0 Å². The van der Waals surface area contributed by atoms with Gasteiger partial charge in [0.1, 0.15) is 0 Å². The van der Waals surface area contributed by atoms with Crippen LogP contribution in [0.2, 0.25) is 0 Å². The second-order valence-corrected chi connectivity index (χ2v) is 31.1. The lowest BCUT2D eigenvalue weighted by Crippen LogP contribution is -2.61. The topological polar surface area (TPSA) is 11.4 Å². The van der Waals surface area contributed by atoms with Gasteiger partial charge in [0.2, 0.25) is 0 Å². The molecule has 0 radical (unpaired) electrons. The molecule has 1 aromatic heterocycles. The third kappa shape index (κ3) is 6.96. The molecule has 3 nitrogen and oxygen atoms in total. The number of nitrogens with zero attached hydrogens (tertiary/aromatic N) is 3. The van der Waals surface area contributed by atoms with Gasteiger partial charge in [-0.25, -0.2) is 0 Å². The number of hydrogen-bond donors (Lipinski definition) is 0. The Kier molecular flexibility index (Phi) is 11.2. The minimum atomic E-state index is -0.628. The van der Waals surface area contributed by atoms with Crippen molar-refractivity contribution in [1.82, 2.24) is 4.57 Å². The number of anilines is 6. The van der Waals surface area contributed by atoms with Crippen LogP contribution in [0, 0.1) is 0 Å². The Morgan fingerprint density at radius 2 is 0.578 bits per heavy atom. The van der Waals surface area contributed by atoms with Crippen molar-refractivity contribution in [3.05, 3.63) is 443 Å². The predicted octanol–water partition coefficient (Wildman–Crippen LogP) is 23.6. The van der Waals surface area contributed by atoms with Gasteiger partial charge >= 0.3 is 0 Å². The molecule has 26 rings (SSSR count). The number of benzene rings is 17. The van der Waals surface area contributed by atoms with Gasteiger partial charge < -0.3 is 14.4 Å². The van der Waals surface area contributed by atoms with Gasteiger partial charge in [-0.05, 0) is 210 Å². The summed E-state index contributed by atoms with van der Waals surface area (Å²) in [5, 5.41) is 2.44. The normalized spacial score (nSPS) is 15.0. The molecule has 18 aromatic rings. The van der Waals surface area contributed by atoms with E-state index in [1.54, 1.807) is 0 Å². The molecule has 0 fully saturated rings. The Bertz CT molecular complexity index is 6950. The highest BCUT2D eigenvalue weighted by atomic mass is 15.2. The largest absolute Gasteiger partial charge is 0.311 e. The first-order chi connectivity index (χ1) is 54.1. The lowest BCUT2D eigenvalue weighted by atomic mass is 9.33. The SMILES string of the molecule is c1ccc(-c2ccc(N3c4cc(-n5c6ccccc6c6ccccc65)cc5c4B(c4cc6c(cc4N5c4ccc5c(c4)C4(c7ccccc7-c7ccccc74)c4ccccc4-5)C4(c5ccccc5-c5ccccc54)c4ccccc4-6)c4ccc5c(c43)-c3ccccc3C53c4ccccc4-c4ccccc43)cc2)cc1. The van der Waals surface area contributed by atoms with E-state index in [1.807, 2.05) is 0 Å². The van der Waals surface area contributed by atoms with Crippen molar-refractivity contribution < 1.29 is 0 Å². The fourth-order valence-electron chi connectivity index (χ4n) is 22.8. The van der Waals surface area contributed by atoms with Gasteiger partial charge in [-0.1, -0.05) is 322 Å². The van der Waals surface area contributed by atoms with E-state index in [2.05, 4.69) is 390 Å². The first kappa shape index (κ1) is 58.5. The van der Waals surface area contributed by atoms with Crippen LogP contribution in [0.4, 0.5) is 34.1 Å². The standard InChI is InChI=1S/C105H62BN3/c1-2-26-63(27-3-1)64-50-52-65(53-51-64)109-99-60-67(108-95-48-24-13-36-77(95)78-37-14-25-49-96(78)108)59-98-101(99)106(93-57-56-90-100(102(93)109)79-38-12-23-47-89(79)103(90)81-39-15-4-28-68(81)69-29-5-16-40-82(69)103)94-61-80-75-35-11-22-46-88(75)105(85-43-19-8-32-72(85)73-33-9-20-44-86(73)105)92(80)62-97(94)107(98)66-54-55-76-74-34-10-21-45-87(74)104(91(76)58-66)83-41-17-6-30-70(83)71-31-7-18-42-84(71)104/h1-62H. The van der Waals surface area contributed by atoms with Gasteiger partial charge in [0.25, 0.3) is 6.71 Å². The van der Waals surface area contributed by atoms with Crippen LogP contribution in [0.25, 0.3) is 105 Å². The molecule has 17 aromatic carbocycles. The number of rotatable bonds is 4. The van der Waals surface area contributed by atoms with Gasteiger partial charge in [0.05, 0.1) is 33.0 Å². The average molecular weight is 1380 g/mol. The Morgan fingerprint density at radius 1 is 0.211 bits per heavy atom. The molecule has 109 heavy (non-hydrogen) atoms. The quantitative estimate of drug-likeness (QED) is 0.163. The van der Waals surface area contributed by atoms with E-state index in [0.717, 1.165) is 39.5 Å². The number of fused-ring (bicyclic) bond motifs is 38. The van der Waals surface area contributed by atoms with Gasteiger partial charge in [-0.3, -0.25) is 0 Å². The van der Waals surface area contributed by atoms with E-state index in [1.165, 1.54) is 183 Å². The van der Waals surface area contributed by atoms with E-state index in [4.69, 9.17) is 0 Å². The molecule has 6 aliphatic carbocycles. The van der Waals surface area contributed by atoms with Crippen LogP contribution in [0.15, 0.2) is 376 Å². The molecule has 8 aliphatic rings. The van der Waals surface area contributed by atoms with Crippen molar-refractivity contribution in [2.45, 2.75) is 16.2 Å². The molecule has 0 saturated heterocycles. The summed E-state index contributed by atoms with van der Waals surface area (Å²) in [5.74, 6) is 0. The second kappa shape index (κ2) is 20.8. The maximum absolute atomic E-state index is 2.75. The molecule has 0 N–H and O–H groups in total. The van der Waals surface area contributed by atoms with Crippen LogP contribution in [-0.4, -0.2) is 11.3 Å². The van der Waals surface area contributed by atoms with Gasteiger partial charge in [0, 0.05) is 50.5 Å². The van der Waals surface area contributed by atoms with Crippen molar-refractivity contribution in [1.29, 1.82) is 0 Å². The zero-order valence-electron chi connectivity index (χ0n) is 59.2. The molecule has 0 unspecified atom stereocenters. The molecular weight excluding hydrogens is 1310 g/mol. The Labute approximate surface area is 631 Å². The molecule has 2 aliphatic heterocycles. The number of aromatic nitrogens is 1. The first-order valence-electron chi connectivity index (χ1n) is 38.4. The summed E-state index contributed by atoms with van der Waals surface area (Å²) in [4.78, 5) is 5.48. The summed E-state index contributed by atoms with van der Waals surface area (Å²) in [6.45, 7) is -0.272. The molecule has 0 atom stereocenters. The molecular formula is C105H62BN3. The molecule has 3 heterocycles. The minimum absolute atomic E-state index is 0.272. The fraction of sp³-hybridized carbons (Fsp3) is 0.0286. The summed E-state index contributed by atoms with van der Waals surface area (Å²) in [5.41, 5.74) is 45.9. The summed E-state index contributed by atoms with van der Waals surface area (Å²) >= 11 is 0. The number of para-hydroxylation sites is 2. The van der Waals surface area contributed by atoms with Crippen molar-refractivity contribution in [2.24, 2.45) is 0 Å². The summed E-state index contributed by atoms with van der Waals surface area (Å²) < 4.78 is 2.57. The van der Waals surface area contributed by atoms with Crippen molar-refractivity contribution >= 4 is 79.0 Å². The monoisotopic (exact) mass is 1380 g/mol. The first-order valence-corrected chi connectivity index (χ1v) is 38.4. The second-order valence-electron chi connectivity index (χ2n) is 31.1. The molecule has 3 spiro atoms. The average Bonchev–Trinajstić information content (AvgIpc) is 1.54. The van der Waals surface area contributed by atoms with Crippen LogP contribution in [-0.2, 0) is 16.2 Å². The predicted molar refractivity (Wildman–Crippen MR) is 449 cm³/mol. The maximum atomic E-state index is 2.75. The highest BCUT2D eigenvalue weighted by Crippen LogP contribution is 2.69. The van der Waals surface area contributed by atoms with Crippen molar-refractivity contribution in [3.8, 4) is 83.6 Å². The van der Waals surface area contributed by atoms with Crippen LogP contribution >= 0.6 is 0 Å². The van der Waals surface area contributed by atoms with E-state index < -0.39 is 16.2 Å². The zero-order chi connectivity index (χ0) is 70.7. The third-order valence-electron chi connectivity index (χ3n) is 26.6. The molecule has 0 bridgehead atoms. The van der Waals surface area contributed by atoms with Crippen molar-refractivity contribution in [3.63, 3.8) is 0 Å². The van der Waals surface area contributed by atoms with Gasteiger partial charge in [-0.2, -0.15) is 0 Å². The molecule has 0 amide bonds. The van der Waals surface area contributed by atoms with Gasteiger partial charge in [-0.15, -0.1) is 0 Å². The Hall–Kier alpha value is -13.8. The fourth-order valence-corrected chi connectivity index (χ4v) is 22.8. The van der Waals surface area contributed by atoms with E-state index >= 15 is 0 Å². The van der Waals surface area contributed by atoms with Crippen molar-refractivity contribution in [2.75, 3.05) is 9.80 Å². The summed E-state index contributed by atoms with van der Waals surface area (Å²) in [6, 6.07) is 146. The third-order valence-corrected chi connectivity index (χ3v) is 26.6. The molecule has 500 valence electrons. The Morgan fingerprint density at radius 3 is 1.06 bits per heavy atom. The smallest absolute Gasteiger partial charge is 0.252 e. The lowest BCUT2D eigenvalue weighted by Gasteiger charge is -2.46. The van der Waals surface area contributed by atoms with Crippen LogP contribution < -0.4 is 26.2 Å². The highest BCUT2D eigenvalue weighted by Gasteiger charge is 2.58. The Balaban J connectivity index is 0.841. The highest BCUT2D eigenvalue weighted by molar-refractivity contribution is 7.00. The van der Waals surface area contributed by atoms with E-state index in [0.29, 0.717) is 0 Å². The maximum Gasteiger partial charge on any atom is 0.252 e. The molecule has 4 heteroatoms. The molecule has 0 saturated carbocycles. The van der Waals surface area contributed by atoms with E-state index in [-0.39, 0.29) is 6.71 Å². The summed E-state index contributed by atoms with van der Waals surface area (Å²) in [7, 11) is 0. The van der Waals surface area contributed by atoms with E-state index in [9.17, 15) is 0 Å². The van der Waals surface area contributed by atoms with Crippen LogP contribution in [0.1, 0.15) is 66.8 Å². The zero-order valence-corrected chi connectivity index (χ0v) is 59.2. The minimum Gasteiger partial charge on any atom is -0.311 e. The number of hydrogen-bond acceptors (Lipinski definition) is 2. The van der Waals surface area contributed by atoms with Crippen LogP contribution in [0.3, 0.4) is 0 Å². The lowest BCUT2D eigenvalue weighted by molar-refractivity contribution is 0.792. The summed E-state index contributed by atoms with van der Waals surface area (Å²) in [6.07, 6.45) is 0.